The third kappa shape index (κ3) is 43.1. The Hall–Kier alpha value is -0.200. The number of hydrogen-bond donors (Lipinski definition) is 2. The lowest BCUT2D eigenvalue weighted by Crippen LogP contribution is -1.97. The molecule has 0 aliphatic carbocycles. The van der Waals surface area contributed by atoms with Crippen molar-refractivity contribution in [1.29, 1.82) is 0 Å². The van der Waals surface area contributed by atoms with Crippen LogP contribution in [0.15, 0.2) is 0 Å². The van der Waals surface area contributed by atoms with Crippen LogP contribution in [-0.2, 0) is 9.59 Å². The first-order chi connectivity index (χ1) is 9.45. The molecule has 0 heterocycles. The summed E-state index contributed by atoms with van der Waals surface area (Å²) in [6.45, 7) is 4.40. The fourth-order valence-corrected chi connectivity index (χ4v) is 1.78. The van der Waals surface area contributed by atoms with E-state index in [1.54, 1.807) is 0 Å². The first-order valence-electron chi connectivity index (χ1n) is 7.29. The van der Waals surface area contributed by atoms with Crippen LogP contribution >= 0.6 is 18.5 Å². The Balaban J connectivity index is -0.000000244. The zero-order valence-electron chi connectivity index (χ0n) is 12.9. The van der Waals surface area contributed by atoms with Gasteiger partial charge < -0.3 is 10.2 Å². The first kappa shape index (κ1) is 24.8. The van der Waals surface area contributed by atoms with Crippen molar-refractivity contribution in [1.82, 2.24) is 0 Å². The Morgan fingerprint density at radius 3 is 1.15 bits per heavy atom. The molecule has 2 N–H and O–H groups in total. The van der Waals surface area contributed by atoms with Crippen LogP contribution in [0.25, 0.3) is 0 Å². The van der Waals surface area contributed by atoms with Crippen LogP contribution in [-0.4, -0.2) is 34.5 Å². The quantitative estimate of drug-likeness (QED) is 0.495. The lowest BCUT2D eigenvalue weighted by molar-refractivity contribution is -0.139. The van der Waals surface area contributed by atoms with Gasteiger partial charge in [0.25, 0.3) is 0 Å². The molecule has 0 rings (SSSR count). The van der Waals surface area contributed by atoms with Crippen molar-refractivity contribution in [2.75, 3.05) is 12.3 Å². The van der Waals surface area contributed by atoms with Crippen molar-refractivity contribution < 1.29 is 19.8 Å². The summed E-state index contributed by atoms with van der Waals surface area (Å²) in [6, 6.07) is 0. The molecular formula is C14H32O4P2. The smallest absolute Gasteiger partial charge is 0.303 e. The van der Waals surface area contributed by atoms with Gasteiger partial charge in [0, 0.05) is 12.8 Å². The molecule has 4 nitrogen and oxygen atoms in total. The number of aliphatic carboxylic acids is 2. The van der Waals surface area contributed by atoms with E-state index < -0.39 is 11.9 Å². The molecule has 0 aliphatic heterocycles. The van der Waals surface area contributed by atoms with Gasteiger partial charge in [-0.2, -0.15) is 0 Å². The lowest BCUT2D eigenvalue weighted by atomic mass is 10.2. The summed E-state index contributed by atoms with van der Waals surface area (Å²) in [5.41, 5.74) is 0. The number of rotatable bonds is 9. The Morgan fingerprint density at radius 2 is 1.05 bits per heavy atom. The normalized spacial score (nSPS) is 8.80. The van der Waals surface area contributed by atoms with E-state index in [0.29, 0.717) is 12.8 Å². The van der Waals surface area contributed by atoms with Crippen LogP contribution in [0.3, 0.4) is 0 Å². The van der Waals surface area contributed by atoms with Gasteiger partial charge in [-0.25, -0.2) is 0 Å². The summed E-state index contributed by atoms with van der Waals surface area (Å²) in [5, 5.41) is 16.3. The van der Waals surface area contributed by atoms with Crippen LogP contribution in [0.4, 0.5) is 0 Å². The molecule has 0 aliphatic rings. The largest absolute Gasteiger partial charge is 0.481 e. The minimum atomic E-state index is -0.870. The first-order valence-corrected chi connectivity index (χ1v) is 8.93. The molecule has 0 aromatic heterocycles. The van der Waals surface area contributed by atoms with Gasteiger partial charge >= 0.3 is 11.9 Å². The molecule has 0 aromatic carbocycles. The van der Waals surface area contributed by atoms with Gasteiger partial charge in [0.2, 0.25) is 0 Å². The molecule has 0 amide bonds. The van der Waals surface area contributed by atoms with Gasteiger partial charge in [0.05, 0.1) is 0 Å². The molecule has 0 saturated carbocycles. The monoisotopic (exact) mass is 326 g/mol. The Labute approximate surface area is 128 Å². The van der Waals surface area contributed by atoms with Crippen molar-refractivity contribution in [2.24, 2.45) is 0 Å². The molecule has 0 spiro atoms. The molecule has 6 heteroatoms. The Morgan fingerprint density at radius 1 is 0.750 bits per heavy atom. The van der Waals surface area contributed by atoms with E-state index in [0.717, 1.165) is 0 Å². The molecule has 0 aromatic rings. The SMILES string of the molecule is CCCCP.CCCCP.O=C(O)CCCCC(=O)O. The fraction of sp³-hybridized carbons (Fsp3) is 0.857. The van der Waals surface area contributed by atoms with Crippen LogP contribution in [0.5, 0.6) is 0 Å². The van der Waals surface area contributed by atoms with Crippen LogP contribution in [0.1, 0.15) is 65.2 Å². The van der Waals surface area contributed by atoms with Crippen molar-refractivity contribution in [2.45, 2.75) is 65.2 Å². The van der Waals surface area contributed by atoms with E-state index in [-0.39, 0.29) is 12.8 Å². The van der Waals surface area contributed by atoms with Crippen molar-refractivity contribution in [3.05, 3.63) is 0 Å². The molecule has 2 unspecified atom stereocenters. The maximum Gasteiger partial charge on any atom is 0.303 e. The Bertz CT molecular complexity index is 185. The highest BCUT2D eigenvalue weighted by molar-refractivity contribution is 7.16. The van der Waals surface area contributed by atoms with Gasteiger partial charge in [0.1, 0.15) is 0 Å². The zero-order chi connectivity index (χ0) is 16.2. The summed E-state index contributed by atoms with van der Waals surface area (Å²) in [7, 11) is 5.40. The molecule has 0 bridgehead atoms. The topological polar surface area (TPSA) is 74.6 Å². The molecular weight excluding hydrogens is 294 g/mol. The van der Waals surface area contributed by atoms with E-state index in [2.05, 4.69) is 32.3 Å². The third-order valence-corrected chi connectivity index (χ3v) is 2.96. The number of carboxylic acid groups (broad SMARTS) is 2. The highest BCUT2D eigenvalue weighted by atomic mass is 31.0. The number of carbonyl (C=O) groups is 2. The second kappa shape index (κ2) is 23.9. The summed E-state index contributed by atoms with van der Waals surface area (Å²) in [6.07, 6.45) is 8.89. The average Bonchev–Trinajstić information content (AvgIpc) is 2.38. The predicted octanol–water partition coefficient (Wildman–Crippen LogP) is 4.04. The van der Waals surface area contributed by atoms with Gasteiger partial charge in [0.15, 0.2) is 0 Å². The van der Waals surface area contributed by atoms with Crippen LogP contribution < -0.4 is 0 Å². The molecule has 0 saturated heterocycles. The molecule has 2 atom stereocenters. The van der Waals surface area contributed by atoms with E-state index in [1.807, 2.05) is 0 Å². The Kier molecular flexibility index (Phi) is 29.6. The summed E-state index contributed by atoms with van der Waals surface area (Å²) in [5.74, 6) is -1.74. The van der Waals surface area contributed by atoms with E-state index in [1.165, 1.54) is 38.0 Å². The van der Waals surface area contributed by atoms with Gasteiger partial charge in [-0.3, -0.25) is 9.59 Å². The van der Waals surface area contributed by atoms with Gasteiger partial charge in [-0.15, -0.1) is 18.5 Å². The van der Waals surface area contributed by atoms with Crippen molar-refractivity contribution in [3.8, 4) is 0 Å². The minimum absolute atomic E-state index is 0.0628. The second-order valence-corrected chi connectivity index (χ2v) is 5.43. The fourth-order valence-electron chi connectivity index (χ4n) is 0.961. The standard InChI is InChI=1S/C6H10O4.2C4H11P/c7-5(8)3-1-2-4-6(9)10;2*1-2-3-4-5/h1-4H2,(H,7,8)(H,9,10);2*2-5H2,1H3. The number of unbranched alkanes of at least 4 members (excludes halogenated alkanes) is 3. The van der Waals surface area contributed by atoms with Crippen LogP contribution in [0, 0.1) is 0 Å². The highest BCUT2D eigenvalue weighted by Gasteiger charge is 1.99. The minimum Gasteiger partial charge on any atom is -0.481 e. The van der Waals surface area contributed by atoms with E-state index >= 15 is 0 Å². The molecule has 122 valence electrons. The van der Waals surface area contributed by atoms with Gasteiger partial charge in [-0.1, -0.05) is 39.5 Å². The zero-order valence-corrected chi connectivity index (χ0v) is 15.2. The average molecular weight is 326 g/mol. The van der Waals surface area contributed by atoms with Gasteiger partial charge in [-0.05, 0) is 25.2 Å². The predicted molar refractivity (Wildman–Crippen MR) is 92.7 cm³/mol. The van der Waals surface area contributed by atoms with Crippen LogP contribution in [0.2, 0.25) is 0 Å². The van der Waals surface area contributed by atoms with E-state index in [4.69, 9.17) is 10.2 Å². The summed E-state index contributed by atoms with van der Waals surface area (Å²) < 4.78 is 0. The van der Waals surface area contributed by atoms with E-state index in [9.17, 15) is 9.59 Å². The maximum atomic E-state index is 9.90. The summed E-state index contributed by atoms with van der Waals surface area (Å²) >= 11 is 0. The molecule has 20 heavy (non-hydrogen) atoms. The molecule has 0 fully saturated rings. The van der Waals surface area contributed by atoms with Crippen molar-refractivity contribution >= 4 is 30.4 Å². The molecule has 0 radical (unpaired) electrons. The lowest BCUT2D eigenvalue weighted by Gasteiger charge is -1.92. The number of carboxylic acids is 2. The third-order valence-electron chi connectivity index (χ3n) is 2.15. The second-order valence-electron chi connectivity index (χ2n) is 4.28. The van der Waals surface area contributed by atoms with Crippen molar-refractivity contribution in [3.63, 3.8) is 0 Å². The highest BCUT2D eigenvalue weighted by Crippen LogP contribution is 1.98. The summed E-state index contributed by atoms with van der Waals surface area (Å²) in [4.78, 5) is 19.8. The number of hydrogen-bond acceptors (Lipinski definition) is 2. The maximum absolute atomic E-state index is 9.90.